The molecule has 168 valence electrons. The van der Waals surface area contributed by atoms with E-state index in [2.05, 4.69) is 20.5 Å². The molecule has 4 rings (SSSR count). The van der Waals surface area contributed by atoms with Crippen LogP contribution in [-0.2, 0) is 29.0 Å². The minimum absolute atomic E-state index is 0.185. The first-order valence-electron chi connectivity index (χ1n) is 10.7. The number of anilines is 1. The van der Waals surface area contributed by atoms with E-state index in [4.69, 9.17) is 0 Å². The number of carboxylic acids is 1. The number of carboxylic acid groups (broad SMARTS) is 1. The van der Waals surface area contributed by atoms with Gasteiger partial charge in [-0.15, -0.1) is 11.3 Å². The zero-order chi connectivity index (χ0) is 22.7. The molecule has 0 aliphatic heterocycles. The van der Waals surface area contributed by atoms with Crippen LogP contribution in [0, 0.1) is 5.41 Å². The van der Waals surface area contributed by atoms with Crippen molar-refractivity contribution in [2.45, 2.75) is 25.8 Å². The fraction of sp³-hybridized carbons (Fsp3) is 0.375. The van der Waals surface area contributed by atoms with Crippen LogP contribution in [0.3, 0.4) is 0 Å². The molecule has 1 aromatic heterocycles. The molecule has 3 aromatic rings. The Morgan fingerprint density at radius 2 is 1.88 bits per heavy atom. The average Bonchev–Trinajstić information content (AvgIpc) is 3.31. The van der Waals surface area contributed by atoms with E-state index >= 15 is 0 Å². The maximum absolute atomic E-state index is 13.2. The Labute approximate surface area is 191 Å². The molecule has 1 aliphatic rings. The molecule has 0 fully saturated rings. The van der Waals surface area contributed by atoms with Crippen molar-refractivity contribution < 1.29 is 14.7 Å². The average molecular weight is 453 g/mol. The highest BCUT2D eigenvalue weighted by molar-refractivity contribution is 7.18. The smallest absolute Gasteiger partial charge is 0.304 e. The molecule has 0 saturated heterocycles. The van der Waals surface area contributed by atoms with Crippen molar-refractivity contribution in [2.24, 2.45) is 5.41 Å². The number of likely N-dealkylation sites (N-methyl/N-ethyl adjacent to an activating group) is 1. The Morgan fingerprint density at radius 1 is 1.16 bits per heavy atom. The lowest BCUT2D eigenvalue weighted by Crippen LogP contribution is -2.43. The molecule has 3 N–H and O–H groups in total. The summed E-state index contributed by atoms with van der Waals surface area (Å²) in [4.78, 5) is 31.5. The number of nitrogens with zero attached hydrogens (tertiary/aromatic N) is 2. The first-order valence-corrected chi connectivity index (χ1v) is 11.5. The summed E-state index contributed by atoms with van der Waals surface area (Å²) in [5.74, 6) is -1.18. The number of aromatic nitrogens is 1. The number of carbonyl (C=O) groups is 2. The topological polar surface area (TPSA) is 94.6 Å². The van der Waals surface area contributed by atoms with Crippen LogP contribution < -0.4 is 10.6 Å². The monoisotopic (exact) mass is 452 g/mol. The highest BCUT2D eigenvalue weighted by atomic mass is 32.1. The zero-order valence-corrected chi connectivity index (χ0v) is 19.2. The summed E-state index contributed by atoms with van der Waals surface area (Å²) in [5.41, 5.74) is 3.07. The lowest BCUT2D eigenvalue weighted by Gasteiger charge is -2.25. The molecule has 0 unspecified atom stereocenters. The van der Waals surface area contributed by atoms with Crippen LogP contribution in [0.5, 0.6) is 0 Å². The van der Waals surface area contributed by atoms with E-state index in [9.17, 15) is 14.7 Å². The second kappa shape index (κ2) is 9.26. The quantitative estimate of drug-likeness (QED) is 0.462. The fourth-order valence-corrected chi connectivity index (χ4v) is 5.16. The van der Waals surface area contributed by atoms with Crippen LogP contribution in [0.4, 0.5) is 5.69 Å². The molecule has 1 heterocycles. The molecular formula is C24H28N4O3S. The predicted octanol–water partition coefficient (Wildman–Crippen LogP) is 3.15. The van der Waals surface area contributed by atoms with Crippen LogP contribution in [0.25, 0.3) is 10.2 Å². The van der Waals surface area contributed by atoms with Gasteiger partial charge in [-0.25, -0.2) is 4.98 Å². The van der Waals surface area contributed by atoms with E-state index in [0.717, 1.165) is 45.1 Å². The van der Waals surface area contributed by atoms with Gasteiger partial charge < -0.3 is 20.6 Å². The van der Waals surface area contributed by atoms with Crippen LogP contribution >= 0.6 is 11.3 Å². The Kier molecular flexibility index (Phi) is 6.43. The molecule has 0 spiro atoms. The minimum Gasteiger partial charge on any atom is -0.481 e. The van der Waals surface area contributed by atoms with Crippen molar-refractivity contribution in [1.29, 1.82) is 0 Å². The van der Waals surface area contributed by atoms with Crippen molar-refractivity contribution >= 4 is 39.1 Å². The number of thiazole rings is 1. The molecule has 7 nitrogen and oxygen atoms in total. The number of hydrogen-bond donors (Lipinski definition) is 3. The van der Waals surface area contributed by atoms with Gasteiger partial charge in [0.1, 0.15) is 5.01 Å². The van der Waals surface area contributed by atoms with Gasteiger partial charge in [-0.2, -0.15) is 0 Å². The zero-order valence-electron chi connectivity index (χ0n) is 18.4. The van der Waals surface area contributed by atoms with Crippen LogP contribution in [0.15, 0.2) is 42.5 Å². The van der Waals surface area contributed by atoms with Gasteiger partial charge in [-0.1, -0.05) is 24.3 Å². The van der Waals surface area contributed by atoms with Crippen LogP contribution in [-0.4, -0.2) is 54.1 Å². The van der Waals surface area contributed by atoms with E-state index in [1.54, 1.807) is 11.3 Å². The summed E-state index contributed by atoms with van der Waals surface area (Å²) in [6.45, 7) is 2.08. The van der Waals surface area contributed by atoms with Gasteiger partial charge in [-0.3, -0.25) is 9.59 Å². The highest BCUT2D eigenvalue weighted by Crippen LogP contribution is 2.40. The third kappa shape index (κ3) is 4.92. The SMILES string of the molecule is CN(C)CCNc1ccc2sc(CNC(=O)C3(CC(=O)O)Cc4ccccc4C3)nc2c1. The van der Waals surface area contributed by atoms with Crippen molar-refractivity contribution in [3.8, 4) is 0 Å². The van der Waals surface area contributed by atoms with Gasteiger partial charge in [0.2, 0.25) is 5.91 Å². The van der Waals surface area contributed by atoms with Crippen molar-refractivity contribution in [2.75, 3.05) is 32.5 Å². The normalized spacial score (nSPS) is 14.5. The Hall–Kier alpha value is -2.97. The lowest BCUT2D eigenvalue weighted by atomic mass is 9.80. The van der Waals surface area contributed by atoms with E-state index in [1.807, 2.05) is 56.6 Å². The molecule has 8 heteroatoms. The van der Waals surface area contributed by atoms with Gasteiger partial charge in [0, 0.05) is 18.8 Å². The molecule has 1 amide bonds. The van der Waals surface area contributed by atoms with Gasteiger partial charge in [0.05, 0.1) is 28.6 Å². The van der Waals surface area contributed by atoms with Gasteiger partial charge in [0.15, 0.2) is 0 Å². The van der Waals surface area contributed by atoms with Crippen molar-refractivity contribution in [3.05, 3.63) is 58.6 Å². The first kappa shape index (κ1) is 22.2. The largest absolute Gasteiger partial charge is 0.481 e. The van der Waals surface area contributed by atoms with Crippen molar-refractivity contribution in [3.63, 3.8) is 0 Å². The molecule has 0 atom stereocenters. The third-order valence-corrected chi connectivity index (χ3v) is 6.90. The maximum Gasteiger partial charge on any atom is 0.304 e. The van der Waals surface area contributed by atoms with E-state index < -0.39 is 11.4 Å². The Morgan fingerprint density at radius 3 is 2.53 bits per heavy atom. The number of rotatable bonds is 9. The van der Waals surface area contributed by atoms with E-state index in [0.29, 0.717) is 19.4 Å². The third-order valence-electron chi connectivity index (χ3n) is 5.87. The second-order valence-corrected chi connectivity index (χ2v) is 9.79. The number of hydrogen-bond acceptors (Lipinski definition) is 6. The first-order chi connectivity index (χ1) is 15.3. The fourth-order valence-electron chi connectivity index (χ4n) is 4.28. The summed E-state index contributed by atoms with van der Waals surface area (Å²) >= 11 is 1.54. The lowest BCUT2D eigenvalue weighted by molar-refractivity contribution is -0.145. The van der Waals surface area contributed by atoms with Crippen LogP contribution in [0.1, 0.15) is 22.6 Å². The second-order valence-electron chi connectivity index (χ2n) is 8.68. The Bertz CT molecular complexity index is 1120. The standard InChI is InChI=1S/C24H28N4O3S/c1-28(2)10-9-25-18-7-8-20-19(11-18)27-21(32-20)15-26-23(31)24(14-22(29)30)12-16-5-3-4-6-17(16)13-24/h3-8,11,25H,9-10,12-15H2,1-2H3,(H,26,31)(H,29,30). The summed E-state index contributed by atoms with van der Waals surface area (Å²) < 4.78 is 1.06. The summed E-state index contributed by atoms with van der Waals surface area (Å²) in [7, 11) is 4.08. The molecule has 0 radical (unpaired) electrons. The van der Waals surface area contributed by atoms with Crippen molar-refractivity contribution in [1.82, 2.24) is 15.2 Å². The number of amides is 1. The maximum atomic E-state index is 13.2. The minimum atomic E-state index is -0.956. The summed E-state index contributed by atoms with van der Waals surface area (Å²) in [5, 5.41) is 16.6. The van der Waals surface area contributed by atoms with E-state index in [1.165, 1.54) is 0 Å². The summed E-state index contributed by atoms with van der Waals surface area (Å²) in [6.07, 6.45) is 0.710. The predicted molar refractivity (Wildman–Crippen MR) is 127 cm³/mol. The number of fused-ring (bicyclic) bond motifs is 2. The number of benzene rings is 2. The Balaban J connectivity index is 1.43. The van der Waals surface area contributed by atoms with E-state index in [-0.39, 0.29) is 12.3 Å². The summed E-state index contributed by atoms with van der Waals surface area (Å²) in [6, 6.07) is 13.9. The number of carbonyl (C=O) groups excluding carboxylic acids is 1. The number of nitrogens with one attached hydrogen (secondary N) is 2. The van der Waals surface area contributed by atoms with Gasteiger partial charge >= 0.3 is 5.97 Å². The number of aliphatic carboxylic acids is 1. The molecule has 32 heavy (non-hydrogen) atoms. The molecule has 1 aliphatic carbocycles. The highest BCUT2D eigenvalue weighted by Gasteiger charge is 2.45. The van der Waals surface area contributed by atoms with Gasteiger partial charge in [-0.05, 0) is 56.3 Å². The molecule has 2 aromatic carbocycles. The molecule has 0 saturated carbocycles. The van der Waals surface area contributed by atoms with Crippen LogP contribution in [0.2, 0.25) is 0 Å². The molecule has 0 bridgehead atoms. The van der Waals surface area contributed by atoms with Gasteiger partial charge in [0.25, 0.3) is 0 Å². The molecular weight excluding hydrogens is 424 g/mol.